The van der Waals surface area contributed by atoms with E-state index in [0.717, 1.165) is 25.3 Å². The molecular weight excluding hydrogens is 292 g/mol. The van der Waals surface area contributed by atoms with Crippen LogP contribution in [0.4, 0.5) is 5.82 Å². The van der Waals surface area contributed by atoms with Gasteiger partial charge in [-0.15, -0.1) is 15.3 Å². The first-order chi connectivity index (χ1) is 11.1. The van der Waals surface area contributed by atoms with Crippen molar-refractivity contribution in [2.45, 2.75) is 53.0 Å². The number of carbonyl (C=O) groups is 1. The quantitative estimate of drug-likeness (QED) is 0.803. The van der Waals surface area contributed by atoms with Crippen molar-refractivity contribution in [2.75, 3.05) is 18.0 Å². The molecule has 0 saturated carbocycles. The fourth-order valence-electron chi connectivity index (χ4n) is 2.37. The van der Waals surface area contributed by atoms with Crippen LogP contribution in [0.1, 0.15) is 46.4 Å². The number of hydrogen-bond acceptors (Lipinski definition) is 5. The van der Waals surface area contributed by atoms with E-state index in [4.69, 9.17) is 0 Å². The highest BCUT2D eigenvalue weighted by Gasteiger charge is 2.12. The van der Waals surface area contributed by atoms with Crippen molar-refractivity contribution in [1.29, 1.82) is 0 Å². The summed E-state index contributed by atoms with van der Waals surface area (Å²) in [5, 5.41) is 15.9. The Morgan fingerprint density at radius 3 is 2.65 bits per heavy atom. The minimum Gasteiger partial charge on any atom is -0.356 e. The van der Waals surface area contributed by atoms with Crippen LogP contribution in [-0.2, 0) is 11.2 Å². The van der Waals surface area contributed by atoms with Gasteiger partial charge in [0.2, 0.25) is 5.91 Å². The van der Waals surface area contributed by atoms with Crippen LogP contribution in [0.2, 0.25) is 0 Å². The second kappa shape index (κ2) is 7.89. The van der Waals surface area contributed by atoms with Gasteiger partial charge in [-0.3, -0.25) is 4.79 Å². The van der Waals surface area contributed by atoms with Crippen LogP contribution in [0.25, 0.3) is 5.65 Å². The third-order valence-electron chi connectivity index (χ3n) is 4.00. The molecule has 0 aliphatic heterocycles. The van der Waals surface area contributed by atoms with E-state index in [2.05, 4.69) is 46.3 Å². The highest BCUT2D eigenvalue weighted by molar-refractivity contribution is 5.76. The number of nitrogens with one attached hydrogen (secondary N) is 1. The largest absolute Gasteiger partial charge is 0.356 e. The molecule has 0 fully saturated rings. The Morgan fingerprint density at radius 1 is 1.26 bits per heavy atom. The first-order valence-electron chi connectivity index (χ1n) is 8.34. The van der Waals surface area contributed by atoms with Crippen LogP contribution in [0.15, 0.2) is 12.1 Å². The molecule has 2 aromatic heterocycles. The maximum Gasteiger partial charge on any atom is 0.220 e. The molecule has 126 valence electrons. The Bertz CT molecular complexity index is 649. The van der Waals surface area contributed by atoms with Crippen molar-refractivity contribution < 1.29 is 4.79 Å². The SMILES string of the molecule is CCC(C)NC(=O)CCc1nnc2ccc(N(CC)CC)nn12. The van der Waals surface area contributed by atoms with Crippen LogP contribution < -0.4 is 10.2 Å². The first-order valence-corrected chi connectivity index (χ1v) is 8.34. The lowest BCUT2D eigenvalue weighted by Crippen LogP contribution is -2.32. The van der Waals surface area contributed by atoms with E-state index in [1.807, 2.05) is 19.1 Å². The van der Waals surface area contributed by atoms with Crippen molar-refractivity contribution in [1.82, 2.24) is 25.1 Å². The normalized spacial score (nSPS) is 12.3. The maximum atomic E-state index is 11.9. The highest BCUT2D eigenvalue weighted by atomic mass is 16.1. The smallest absolute Gasteiger partial charge is 0.220 e. The lowest BCUT2D eigenvalue weighted by Gasteiger charge is -2.19. The molecule has 0 saturated heterocycles. The molecule has 0 aromatic carbocycles. The average molecular weight is 318 g/mol. The Balaban J connectivity index is 2.11. The van der Waals surface area contributed by atoms with Gasteiger partial charge in [0, 0.05) is 32.0 Å². The van der Waals surface area contributed by atoms with Gasteiger partial charge >= 0.3 is 0 Å². The van der Waals surface area contributed by atoms with Crippen molar-refractivity contribution in [3.8, 4) is 0 Å². The molecule has 0 aliphatic carbocycles. The molecule has 0 radical (unpaired) electrons. The molecule has 1 N–H and O–H groups in total. The summed E-state index contributed by atoms with van der Waals surface area (Å²) >= 11 is 0. The molecule has 23 heavy (non-hydrogen) atoms. The van der Waals surface area contributed by atoms with Crippen LogP contribution in [0, 0.1) is 0 Å². The molecule has 1 unspecified atom stereocenters. The number of rotatable bonds is 8. The van der Waals surface area contributed by atoms with E-state index in [1.54, 1.807) is 4.52 Å². The number of hydrogen-bond donors (Lipinski definition) is 1. The Kier molecular flexibility index (Phi) is 5.90. The monoisotopic (exact) mass is 318 g/mol. The van der Waals surface area contributed by atoms with Crippen molar-refractivity contribution in [3.63, 3.8) is 0 Å². The van der Waals surface area contributed by atoms with Crippen LogP contribution in [-0.4, -0.2) is 44.8 Å². The topological polar surface area (TPSA) is 75.4 Å². The first kappa shape index (κ1) is 17.2. The second-order valence-corrected chi connectivity index (χ2v) is 5.63. The van der Waals surface area contributed by atoms with Gasteiger partial charge in [0.05, 0.1) is 0 Å². The lowest BCUT2D eigenvalue weighted by atomic mass is 10.2. The molecule has 0 spiro atoms. The summed E-state index contributed by atoms with van der Waals surface area (Å²) < 4.78 is 1.74. The number of nitrogens with zero attached hydrogens (tertiary/aromatic N) is 5. The maximum absolute atomic E-state index is 11.9. The summed E-state index contributed by atoms with van der Waals surface area (Å²) in [6.07, 6.45) is 1.84. The summed E-state index contributed by atoms with van der Waals surface area (Å²) in [5.74, 6) is 1.65. The number of aryl methyl sites for hydroxylation is 1. The van der Waals surface area contributed by atoms with Crippen LogP contribution in [0.3, 0.4) is 0 Å². The standard InChI is InChI=1S/C16H26N6O/c1-5-12(4)17-16(23)11-10-14-19-18-13-8-9-15(20-22(13)14)21(6-2)7-3/h8-9,12H,5-7,10-11H2,1-4H3,(H,17,23). The van der Waals surface area contributed by atoms with E-state index >= 15 is 0 Å². The molecule has 1 amide bonds. The third-order valence-corrected chi connectivity index (χ3v) is 4.00. The summed E-state index contributed by atoms with van der Waals surface area (Å²) in [6.45, 7) is 10.0. The van der Waals surface area contributed by atoms with Gasteiger partial charge in [0.15, 0.2) is 11.5 Å². The second-order valence-electron chi connectivity index (χ2n) is 5.63. The summed E-state index contributed by atoms with van der Waals surface area (Å²) in [5.41, 5.74) is 0.707. The molecule has 2 rings (SSSR count). The molecule has 7 nitrogen and oxygen atoms in total. The molecule has 1 atom stereocenters. The molecule has 2 heterocycles. The molecular formula is C16H26N6O. The van der Waals surface area contributed by atoms with Crippen molar-refractivity contribution >= 4 is 17.4 Å². The highest BCUT2D eigenvalue weighted by Crippen LogP contribution is 2.12. The fourth-order valence-corrected chi connectivity index (χ4v) is 2.37. The van der Waals surface area contributed by atoms with Crippen LogP contribution >= 0.6 is 0 Å². The van der Waals surface area contributed by atoms with Crippen molar-refractivity contribution in [2.24, 2.45) is 0 Å². The van der Waals surface area contributed by atoms with Gasteiger partial charge in [-0.25, -0.2) is 0 Å². The number of anilines is 1. The summed E-state index contributed by atoms with van der Waals surface area (Å²) in [7, 11) is 0. The van der Waals surface area contributed by atoms with Gasteiger partial charge in [-0.05, 0) is 39.3 Å². The van der Waals surface area contributed by atoms with Gasteiger partial charge in [-0.1, -0.05) is 6.92 Å². The predicted molar refractivity (Wildman–Crippen MR) is 90.6 cm³/mol. The predicted octanol–water partition coefficient (Wildman–Crippen LogP) is 1.82. The Hall–Kier alpha value is -2.18. The molecule has 2 aromatic rings. The number of fused-ring (bicyclic) bond motifs is 1. The lowest BCUT2D eigenvalue weighted by molar-refractivity contribution is -0.121. The number of amides is 1. The van der Waals surface area contributed by atoms with E-state index in [-0.39, 0.29) is 11.9 Å². The molecule has 7 heteroatoms. The Labute approximate surface area is 137 Å². The van der Waals surface area contributed by atoms with Gasteiger partial charge in [-0.2, -0.15) is 4.52 Å². The minimum atomic E-state index is 0.0380. The van der Waals surface area contributed by atoms with Gasteiger partial charge in [0.25, 0.3) is 0 Å². The fraction of sp³-hybridized carbons (Fsp3) is 0.625. The molecule has 0 aliphatic rings. The zero-order valence-electron chi connectivity index (χ0n) is 14.4. The minimum absolute atomic E-state index is 0.0380. The summed E-state index contributed by atoms with van der Waals surface area (Å²) in [6, 6.07) is 4.07. The average Bonchev–Trinajstić information content (AvgIpc) is 2.96. The summed E-state index contributed by atoms with van der Waals surface area (Å²) in [4.78, 5) is 14.1. The van der Waals surface area contributed by atoms with E-state index < -0.39 is 0 Å². The number of carbonyl (C=O) groups excluding carboxylic acids is 1. The van der Waals surface area contributed by atoms with Gasteiger partial charge < -0.3 is 10.2 Å². The zero-order valence-corrected chi connectivity index (χ0v) is 14.4. The third kappa shape index (κ3) is 4.18. The van der Waals surface area contributed by atoms with E-state index in [1.165, 1.54) is 0 Å². The van der Waals surface area contributed by atoms with E-state index in [9.17, 15) is 4.79 Å². The van der Waals surface area contributed by atoms with Crippen molar-refractivity contribution in [3.05, 3.63) is 18.0 Å². The van der Waals surface area contributed by atoms with E-state index in [0.29, 0.717) is 24.3 Å². The van der Waals surface area contributed by atoms with Gasteiger partial charge in [0.1, 0.15) is 5.82 Å². The van der Waals surface area contributed by atoms with Crippen LogP contribution in [0.5, 0.6) is 0 Å². The molecule has 0 bridgehead atoms. The Morgan fingerprint density at radius 2 is 2.00 bits per heavy atom. The number of aromatic nitrogens is 4. The zero-order chi connectivity index (χ0) is 16.8.